The smallest absolute Gasteiger partial charge is 0.151 e. The lowest BCUT2D eigenvalue weighted by molar-refractivity contribution is -0.102. The highest BCUT2D eigenvalue weighted by molar-refractivity contribution is 8.15. The van der Waals surface area contributed by atoms with Crippen molar-refractivity contribution in [3.8, 4) is 0 Å². The molecule has 1 nitrogen and oxygen atoms in total. The van der Waals surface area contributed by atoms with E-state index in [-0.39, 0.29) is 10.5 Å². The molecule has 1 aromatic rings. The van der Waals surface area contributed by atoms with E-state index in [1.54, 1.807) is 0 Å². The Hall–Kier alpha value is -0.890. The summed E-state index contributed by atoms with van der Waals surface area (Å²) >= 11 is 0. The first kappa shape index (κ1) is 10.2. The second-order valence-corrected chi connectivity index (χ2v) is 5.22. The van der Waals surface area contributed by atoms with Crippen LogP contribution in [0.25, 0.3) is 0 Å². The molecule has 0 aliphatic rings. The predicted octanol–water partition coefficient (Wildman–Crippen LogP) is 2.13. The molecule has 1 aromatic carbocycles. The molecule has 2 heteroatoms. The van der Waals surface area contributed by atoms with Crippen LogP contribution in [0.15, 0.2) is 30.3 Å². The summed E-state index contributed by atoms with van der Waals surface area (Å²) in [7, 11) is 0.0947. The standard InChI is InChI=1S/C11H14OS/c1-13(2)11(9-12)8-10-6-4-3-5-7-10/h3-7,9H,8H2,1-2H3. The molecule has 0 N–H and O–H groups in total. The lowest BCUT2D eigenvalue weighted by atomic mass is 10.1. The van der Waals surface area contributed by atoms with E-state index in [1.807, 2.05) is 18.2 Å². The fraction of sp³-hybridized carbons (Fsp3) is 0.273. The molecule has 1 rings (SSSR count). The van der Waals surface area contributed by atoms with Crippen LogP contribution in [-0.2, 0) is 11.2 Å². The van der Waals surface area contributed by atoms with E-state index in [2.05, 4.69) is 24.6 Å². The molecule has 0 aliphatic heterocycles. The summed E-state index contributed by atoms with van der Waals surface area (Å²) in [6.07, 6.45) is 5.94. The zero-order valence-electron chi connectivity index (χ0n) is 7.99. The first-order valence-electron chi connectivity index (χ1n) is 4.16. The highest BCUT2D eigenvalue weighted by Crippen LogP contribution is 2.07. The molecular formula is C11H14OS. The monoisotopic (exact) mass is 194 g/mol. The van der Waals surface area contributed by atoms with Gasteiger partial charge in [-0.25, -0.2) is 0 Å². The quantitative estimate of drug-likeness (QED) is 0.532. The molecule has 0 heterocycles. The van der Waals surface area contributed by atoms with Gasteiger partial charge in [0.25, 0.3) is 0 Å². The summed E-state index contributed by atoms with van der Waals surface area (Å²) in [6, 6.07) is 10.1. The molecule has 0 spiro atoms. The normalized spacial score (nSPS) is 10.1. The van der Waals surface area contributed by atoms with Crippen molar-refractivity contribution < 1.29 is 4.79 Å². The van der Waals surface area contributed by atoms with Crippen molar-refractivity contribution >= 4 is 21.6 Å². The predicted molar refractivity (Wildman–Crippen MR) is 60.7 cm³/mol. The van der Waals surface area contributed by atoms with Crippen molar-refractivity contribution in [2.24, 2.45) is 0 Å². The minimum atomic E-state index is 0.0947. The molecule has 0 saturated carbocycles. The fourth-order valence-electron chi connectivity index (χ4n) is 1.08. The topological polar surface area (TPSA) is 17.1 Å². The van der Waals surface area contributed by atoms with Crippen LogP contribution in [0.4, 0.5) is 0 Å². The number of rotatable bonds is 3. The molecule has 0 aromatic heterocycles. The van der Waals surface area contributed by atoms with Gasteiger partial charge in [0.05, 0.1) is 0 Å². The van der Waals surface area contributed by atoms with Gasteiger partial charge in [0.1, 0.15) is 0 Å². The minimum absolute atomic E-state index is 0.0947. The molecule has 0 bridgehead atoms. The maximum absolute atomic E-state index is 10.7. The van der Waals surface area contributed by atoms with E-state index in [1.165, 1.54) is 5.56 Å². The second-order valence-electron chi connectivity index (χ2n) is 3.06. The highest BCUT2D eigenvalue weighted by Gasteiger charge is 1.98. The van der Waals surface area contributed by atoms with Crippen LogP contribution in [0.5, 0.6) is 0 Å². The molecule has 0 aliphatic carbocycles. The second kappa shape index (κ2) is 4.97. The Morgan fingerprint density at radius 3 is 2.38 bits per heavy atom. The van der Waals surface area contributed by atoms with Crippen LogP contribution in [-0.4, -0.2) is 23.7 Å². The number of carbonyl (C=O) groups excluding carboxylic acids is 1. The zero-order valence-corrected chi connectivity index (χ0v) is 8.80. The van der Waals surface area contributed by atoms with Gasteiger partial charge in [0, 0.05) is 11.3 Å². The van der Waals surface area contributed by atoms with Gasteiger partial charge in [0.15, 0.2) is 6.29 Å². The average molecular weight is 194 g/mol. The van der Waals surface area contributed by atoms with Gasteiger partial charge in [-0.1, -0.05) is 30.3 Å². The molecular weight excluding hydrogens is 180 g/mol. The summed E-state index contributed by atoms with van der Waals surface area (Å²) in [5, 5.41) is 0. The largest absolute Gasteiger partial charge is 0.298 e. The molecule has 13 heavy (non-hydrogen) atoms. The molecule has 0 radical (unpaired) electrons. The third-order valence-electron chi connectivity index (χ3n) is 1.88. The third-order valence-corrected chi connectivity index (χ3v) is 3.17. The molecule has 0 fully saturated rings. The Balaban J connectivity index is 2.80. The Kier molecular flexibility index (Phi) is 3.90. The van der Waals surface area contributed by atoms with Crippen LogP contribution >= 0.6 is 10.5 Å². The van der Waals surface area contributed by atoms with Crippen LogP contribution < -0.4 is 0 Å². The first-order chi connectivity index (χ1) is 6.24. The van der Waals surface area contributed by atoms with E-state index < -0.39 is 0 Å². The third kappa shape index (κ3) is 3.15. The van der Waals surface area contributed by atoms with Crippen LogP contribution in [0.3, 0.4) is 0 Å². The number of benzene rings is 1. The fourth-order valence-corrected chi connectivity index (χ4v) is 1.73. The van der Waals surface area contributed by atoms with Crippen LogP contribution in [0.2, 0.25) is 0 Å². The van der Waals surface area contributed by atoms with Gasteiger partial charge in [-0.05, 0) is 18.1 Å². The summed E-state index contributed by atoms with van der Waals surface area (Å²) in [4.78, 5) is 11.7. The zero-order chi connectivity index (χ0) is 9.68. The van der Waals surface area contributed by atoms with Crippen molar-refractivity contribution in [3.63, 3.8) is 0 Å². The van der Waals surface area contributed by atoms with Crippen LogP contribution in [0.1, 0.15) is 5.56 Å². The summed E-state index contributed by atoms with van der Waals surface area (Å²) in [5.74, 6) is 0. The maximum atomic E-state index is 10.7. The number of hydrogen-bond donors (Lipinski definition) is 0. The molecule has 0 saturated heterocycles. The Morgan fingerprint density at radius 2 is 1.92 bits per heavy atom. The average Bonchev–Trinajstić information content (AvgIpc) is 2.15. The van der Waals surface area contributed by atoms with Gasteiger partial charge in [0.2, 0.25) is 0 Å². The van der Waals surface area contributed by atoms with E-state index in [9.17, 15) is 4.79 Å². The highest BCUT2D eigenvalue weighted by atomic mass is 32.2. The van der Waals surface area contributed by atoms with E-state index in [0.717, 1.165) is 17.6 Å². The SMILES string of the molecule is CS(C)=C(C=O)Cc1ccccc1. The lowest BCUT2D eigenvalue weighted by Crippen LogP contribution is -2.04. The van der Waals surface area contributed by atoms with Gasteiger partial charge < -0.3 is 0 Å². The minimum Gasteiger partial charge on any atom is -0.298 e. The number of aldehydes is 1. The lowest BCUT2D eigenvalue weighted by Gasteiger charge is -2.02. The Labute approximate surface area is 81.7 Å². The molecule has 0 unspecified atom stereocenters. The van der Waals surface area contributed by atoms with Gasteiger partial charge in [-0.3, -0.25) is 4.79 Å². The maximum Gasteiger partial charge on any atom is 0.151 e. The van der Waals surface area contributed by atoms with E-state index >= 15 is 0 Å². The van der Waals surface area contributed by atoms with Crippen molar-refractivity contribution in [2.75, 3.05) is 12.5 Å². The summed E-state index contributed by atoms with van der Waals surface area (Å²) in [6.45, 7) is 0. The molecule has 70 valence electrons. The van der Waals surface area contributed by atoms with Crippen LogP contribution in [0, 0.1) is 0 Å². The molecule has 0 amide bonds. The number of hydrogen-bond acceptors (Lipinski definition) is 1. The Bertz CT molecular complexity index is 310. The summed E-state index contributed by atoms with van der Waals surface area (Å²) in [5.41, 5.74) is 1.21. The Morgan fingerprint density at radius 1 is 1.31 bits per heavy atom. The van der Waals surface area contributed by atoms with Gasteiger partial charge >= 0.3 is 0 Å². The van der Waals surface area contributed by atoms with Crippen molar-refractivity contribution in [3.05, 3.63) is 35.9 Å². The molecule has 0 atom stereocenters. The van der Waals surface area contributed by atoms with Crippen molar-refractivity contribution in [1.82, 2.24) is 0 Å². The summed E-state index contributed by atoms with van der Waals surface area (Å²) < 4.78 is 0. The van der Waals surface area contributed by atoms with E-state index in [4.69, 9.17) is 0 Å². The van der Waals surface area contributed by atoms with Gasteiger partial charge in [-0.2, -0.15) is 10.5 Å². The number of carbonyl (C=O) groups is 1. The van der Waals surface area contributed by atoms with E-state index in [0.29, 0.717) is 0 Å². The van der Waals surface area contributed by atoms with Gasteiger partial charge in [-0.15, -0.1) is 0 Å². The van der Waals surface area contributed by atoms with Crippen molar-refractivity contribution in [1.29, 1.82) is 0 Å². The van der Waals surface area contributed by atoms with Crippen molar-refractivity contribution in [2.45, 2.75) is 6.42 Å². The first-order valence-corrected chi connectivity index (χ1v) is 6.20.